The van der Waals surface area contributed by atoms with Gasteiger partial charge in [-0.05, 0) is 6.92 Å². The highest BCUT2D eigenvalue weighted by atomic mass is 32.1. The third kappa shape index (κ3) is 4.59. The minimum Gasteiger partial charge on any atom is -0.395 e. The van der Waals surface area contributed by atoms with Crippen molar-refractivity contribution >= 4 is 22.9 Å². The second-order valence-electron chi connectivity index (χ2n) is 6.17. The second-order valence-corrected chi connectivity index (χ2v) is 7.28. The largest absolute Gasteiger partial charge is 0.395 e. The zero-order valence-corrected chi connectivity index (χ0v) is 15.4. The molecule has 2 aromatic heterocycles. The van der Waals surface area contributed by atoms with Crippen LogP contribution in [0.4, 0.5) is 5.82 Å². The summed E-state index contributed by atoms with van der Waals surface area (Å²) < 4.78 is 0. The molecule has 7 nitrogen and oxygen atoms in total. The van der Waals surface area contributed by atoms with Crippen molar-refractivity contribution in [3.8, 4) is 0 Å². The number of hydrogen-bond acceptors (Lipinski definition) is 8. The number of anilines is 1. The predicted octanol–water partition coefficient (Wildman–Crippen LogP) is 1.15. The Kier molecular flexibility index (Phi) is 5.72. The molecule has 1 fully saturated rings. The van der Waals surface area contributed by atoms with Crippen LogP contribution in [0.15, 0.2) is 12.3 Å². The molecule has 0 aliphatic carbocycles. The highest BCUT2D eigenvalue weighted by molar-refractivity contribution is 7.13. The predicted molar refractivity (Wildman–Crippen MR) is 97.4 cm³/mol. The summed E-state index contributed by atoms with van der Waals surface area (Å²) in [4.78, 5) is 30.0. The van der Waals surface area contributed by atoms with E-state index in [4.69, 9.17) is 5.11 Å². The van der Waals surface area contributed by atoms with Crippen LogP contribution in [0.5, 0.6) is 0 Å². The highest BCUT2D eigenvalue weighted by Gasteiger charge is 2.19. The number of aromatic nitrogens is 3. The summed E-state index contributed by atoms with van der Waals surface area (Å²) >= 11 is 1.42. The summed E-state index contributed by atoms with van der Waals surface area (Å²) in [7, 11) is 0. The molecule has 3 heterocycles. The van der Waals surface area contributed by atoms with E-state index < -0.39 is 0 Å². The van der Waals surface area contributed by atoms with Crippen LogP contribution in [0.1, 0.15) is 33.1 Å². The van der Waals surface area contributed by atoms with Crippen molar-refractivity contribution in [2.45, 2.75) is 20.3 Å². The van der Waals surface area contributed by atoms with Crippen LogP contribution in [-0.2, 0) is 6.42 Å². The number of rotatable bonds is 6. The number of aliphatic hydroxyl groups excluding tert-OH is 1. The van der Waals surface area contributed by atoms with Gasteiger partial charge in [-0.25, -0.2) is 15.0 Å². The molecule has 0 aromatic carbocycles. The van der Waals surface area contributed by atoms with Crippen LogP contribution in [0.2, 0.25) is 0 Å². The van der Waals surface area contributed by atoms with Gasteiger partial charge in [0.2, 0.25) is 0 Å². The van der Waals surface area contributed by atoms with Crippen molar-refractivity contribution in [3.05, 3.63) is 33.7 Å². The molecular weight excluding hydrogens is 338 g/mol. The zero-order chi connectivity index (χ0) is 17.8. The van der Waals surface area contributed by atoms with Gasteiger partial charge in [-0.1, -0.05) is 0 Å². The number of hydrogen-bond donors (Lipinski definition) is 1. The van der Waals surface area contributed by atoms with Crippen LogP contribution >= 0.6 is 11.3 Å². The Hall–Kier alpha value is -1.90. The Balaban J connectivity index is 1.71. The van der Waals surface area contributed by atoms with E-state index in [1.807, 2.05) is 13.0 Å². The fraction of sp³-hybridized carbons (Fsp3) is 0.529. The Morgan fingerprint density at radius 1 is 1.28 bits per heavy atom. The van der Waals surface area contributed by atoms with Gasteiger partial charge < -0.3 is 10.0 Å². The smallest absolute Gasteiger partial charge is 0.171 e. The van der Waals surface area contributed by atoms with Gasteiger partial charge in [0.15, 0.2) is 5.78 Å². The lowest BCUT2D eigenvalue weighted by Gasteiger charge is -2.35. The van der Waals surface area contributed by atoms with Crippen molar-refractivity contribution in [2.24, 2.45) is 0 Å². The zero-order valence-electron chi connectivity index (χ0n) is 14.6. The number of piperazine rings is 1. The van der Waals surface area contributed by atoms with Gasteiger partial charge in [-0.2, -0.15) is 0 Å². The third-order valence-electron chi connectivity index (χ3n) is 4.22. The first-order chi connectivity index (χ1) is 12.0. The van der Waals surface area contributed by atoms with E-state index in [0.717, 1.165) is 55.1 Å². The van der Waals surface area contributed by atoms with E-state index in [-0.39, 0.29) is 12.4 Å². The van der Waals surface area contributed by atoms with Crippen molar-refractivity contribution in [2.75, 3.05) is 44.2 Å². The quantitative estimate of drug-likeness (QED) is 0.773. The molecule has 0 radical (unpaired) electrons. The number of aliphatic hydroxyl groups is 1. The SMILES string of the molecule is CC(=O)c1cnc(Cc2cc(N3CCN(CCO)CC3)nc(C)n2)s1. The number of aryl methyl sites for hydroxylation is 1. The maximum atomic E-state index is 11.4. The standard InChI is InChI=1S/C17H23N5O2S/c1-12(24)15-11-18-17(25-15)10-14-9-16(20-13(2)19-14)22-5-3-21(4-6-22)7-8-23/h9,11,23H,3-8,10H2,1-2H3. The fourth-order valence-electron chi connectivity index (χ4n) is 2.92. The number of carbonyl (C=O) groups is 1. The minimum absolute atomic E-state index is 0.0454. The van der Waals surface area contributed by atoms with Crippen LogP contribution < -0.4 is 4.90 Å². The lowest BCUT2D eigenvalue weighted by atomic mass is 10.2. The number of nitrogens with zero attached hydrogens (tertiary/aromatic N) is 5. The summed E-state index contributed by atoms with van der Waals surface area (Å²) in [6.07, 6.45) is 2.25. The Morgan fingerprint density at radius 3 is 2.68 bits per heavy atom. The molecule has 3 rings (SSSR count). The number of thiazole rings is 1. The molecule has 0 saturated carbocycles. The summed E-state index contributed by atoms with van der Waals surface area (Å²) in [6, 6.07) is 2.02. The number of β-amino-alcohol motifs (C(OH)–C–C–N with tert-alkyl or cyclic N) is 1. The molecule has 0 atom stereocenters. The van der Waals surface area contributed by atoms with E-state index in [1.54, 1.807) is 13.1 Å². The normalized spacial score (nSPS) is 15.6. The lowest BCUT2D eigenvalue weighted by Crippen LogP contribution is -2.47. The van der Waals surface area contributed by atoms with Gasteiger partial charge >= 0.3 is 0 Å². The molecule has 134 valence electrons. The van der Waals surface area contributed by atoms with E-state index in [1.165, 1.54) is 11.3 Å². The molecule has 0 bridgehead atoms. The Morgan fingerprint density at radius 2 is 2.04 bits per heavy atom. The summed E-state index contributed by atoms with van der Waals surface area (Å²) in [5, 5.41) is 9.94. The first-order valence-corrected chi connectivity index (χ1v) is 9.25. The highest BCUT2D eigenvalue weighted by Crippen LogP contribution is 2.20. The molecule has 0 spiro atoms. The molecule has 0 unspecified atom stereocenters. The van der Waals surface area contributed by atoms with Crippen LogP contribution in [0.25, 0.3) is 0 Å². The Bertz CT molecular complexity index is 740. The molecule has 0 amide bonds. The van der Waals surface area contributed by atoms with Gasteiger partial charge in [-0.3, -0.25) is 9.69 Å². The molecule has 1 N–H and O–H groups in total. The van der Waals surface area contributed by atoms with Crippen LogP contribution in [0, 0.1) is 6.92 Å². The first kappa shape index (κ1) is 17.9. The van der Waals surface area contributed by atoms with Gasteiger partial charge in [0.25, 0.3) is 0 Å². The minimum atomic E-state index is 0.0454. The van der Waals surface area contributed by atoms with Gasteiger partial charge in [0.1, 0.15) is 11.6 Å². The maximum absolute atomic E-state index is 11.4. The monoisotopic (exact) mass is 361 g/mol. The molecule has 25 heavy (non-hydrogen) atoms. The third-order valence-corrected chi connectivity index (χ3v) is 5.32. The van der Waals surface area contributed by atoms with E-state index in [9.17, 15) is 4.79 Å². The molecular formula is C17H23N5O2S. The van der Waals surface area contributed by atoms with Gasteiger partial charge in [0.05, 0.1) is 22.2 Å². The molecule has 1 saturated heterocycles. The van der Waals surface area contributed by atoms with Crippen molar-refractivity contribution in [1.82, 2.24) is 19.9 Å². The lowest BCUT2D eigenvalue weighted by molar-refractivity contribution is 0.102. The van der Waals surface area contributed by atoms with E-state index in [2.05, 4.69) is 24.8 Å². The second kappa shape index (κ2) is 7.99. The van der Waals surface area contributed by atoms with Crippen molar-refractivity contribution in [3.63, 3.8) is 0 Å². The topological polar surface area (TPSA) is 82.5 Å². The average Bonchev–Trinajstić information content (AvgIpc) is 3.04. The summed E-state index contributed by atoms with van der Waals surface area (Å²) in [5.74, 6) is 1.73. The maximum Gasteiger partial charge on any atom is 0.171 e. The molecule has 1 aliphatic heterocycles. The summed E-state index contributed by atoms with van der Waals surface area (Å²) in [5.41, 5.74) is 0.921. The average molecular weight is 361 g/mol. The number of ketones is 1. The van der Waals surface area contributed by atoms with Gasteiger partial charge in [-0.15, -0.1) is 11.3 Å². The van der Waals surface area contributed by atoms with Crippen molar-refractivity contribution in [1.29, 1.82) is 0 Å². The molecule has 1 aliphatic rings. The van der Waals surface area contributed by atoms with Crippen molar-refractivity contribution < 1.29 is 9.90 Å². The number of Topliss-reactive ketones (excluding diaryl/α,β-unsaturated/α-hetero) is 1. The Labute approximate surface area is 151 Å². The fourth-order valence-corrected chi connectivity index (χ4v) is 3.74. The first-order valence-electron chi connectivity index (χ1n) is 8.43. The van der Waals surface area contributed by atoms with Crippen LogP contribution in [0.3, 0.4) is 0 Å². The van der Waals surface area contributed by atoms with E-state index >= 15 is 0 Å². The van der Waals surface area contributed by atoms with E-state index in [0.29, 0.717) is 11.3 Å². The molecule has 8 heteroatoms. The molecule has 2 aromatic rings. The van der Waals surface area contributed by atoms with Gasteiger partial charge in [0, 0.05) is 58.3 Å². The van der Waals surface area contributed by atoms with Crippen LogP contribution in [-0.4, -0.2) is 70.1 Å². The number of carbonyl (C=O) groups excluding carboxylic acids is 1. The summed E-state index contributed by atoms with van der Waals surface area (Å²) in [6.45, 7) is 8.01.